The average Bonchev–Trinajstić information content (AvgIpc) is 2.63. The highest BCUT2D eigenvalue weighted by Crippen LogP contribution is 2.35. The lowest BCUT2D eigenvalue weighted by Crippen LogP contribution is -2.22. The first-order chi connectivity index (χ1) is 13.4. The monoisotopic (exact) mass is 431 g/mol. The first-order valence-electron chi connectivity index (χ1n) is 8.06. The van der Waals surface area contributed by atoms with Gasteiger partial charge in [-0.2, -0.15) is 13.2 Å². The molecule has 0 atom stereocenters. The Hall–Kier alpha value is -2.79. The molecule has 3 rings (SSSR count). The van der Waals surface area contributed by atoms with Crippen LogP contribution in [0.15, 0.2) is 47.4 Å². The van der Waals surface area contributed by atoms with Gasteiger partial charge in [-0.15, -0.1) is 0 Å². The number of sulfonamides is 1. The molecule has 1 heterocycles. The number of fused-ring (bicyclic) bond motifs is 1. The third kappa shape index (κ3) is 4.15. The van der Waals surface area contributed by atoms with Crippen LogP contribution in [0, 0.1) is 11.6 Å². The van der Waals surface area contributed by atoms with Crippen molar-refractivity contribution in [2.45, 2.75) is 11.1 Å². The summed E-state index contributed by atoms with van der Waals surface area (Å²) in [7, 11) is -1.32. The van der Waals surface area contributed by atoms with Crippen LogP contribution >= 0.6 is 0 Å². The molecule has 0 aliphatic carbocycles. The highest BCUT2D eigenvalue weighted by atomic mass is 32.2. The summed E-state index contributed by atoms with van der Waals surface area (Å²) >= 11 is 0. The van der Waals surface area contributed by atoms with Gasteiger partial charge in [0.05, 0.1) is 16.1 Å². The van der Waals surface area contributed by atoms with Crippen LogP contribution in [0.25, 0.3) is 10.9 Å². The summed E-state index contributed by atoms with van der Waals surface area (Å²) in [6, 6.07) is 7.03. The van der Waals surface area contributed by atoms with Gasteiger partial charge in [-0.3, -0.25) is 0 Å². The fraction of sp³-hybridized carbons (Fsp3) is 0.167. The minimum atomic E-state index is -4.81. The van der Waals surface area contributed by atoms with E-state index in [-0.39, 0.29) is 27.2 Å². The second-order valence-electron chi connectivity index (χ2n) is 6.27. The second kappa shape index (κ2) is 7.23. The Morgan fingerprint density at radius 1 is 0.966 bits per heavy atom. The zero-order valence-corrected chi connectivity index (χ0v) is 15.9. The van der Waals surface area contributed by atoms with Crippen LogP contribution in [0.2, 0.25) is 0 Å². The topological polar surface area (TPSA) is 62.3 Å². The molecule has 29 heavy (non-hydrogen) atoms. The van der Waals surface area contributed by atoms with Gasteiger partial charge in [-0.1, -0.05) is 0 Å². The van der Waals surface area contributed by atoms with Crippen molar-refractivity contribution in [1.29, 1.82) is 0 Å². The summed E-state index contributed by atoms with van der Waals surface area (Å²) in [6.45, 7) is 0. The van der Waals surface area contributed by atoms with E-state index in [1.807, 2.05) is 0 Å². The molecule has 1 aromatic heterocycles. The molecule has 0 radical (unpaired) electrons. The molecule has 0 aliphatic heterocycles. The normalized spacial score (nSPS) is 12.6. The maximum atomic E-state index is 13.4. The molecule has 0 spiro atoms. The second-order valence-corrected chi connectivity index (χ2v) is 8.42. The number of pyridine rings is 1. The predicted molar refractivity (Wildman–Crippen MR) is 97.3 cm³/mol. The number of hydrogen-bond acceptors (Lipinski definition) is 4. The lowest BCUT2D eigenvalue weighted by Gasteiger charge is -2.16. The summed E-state index contributed by atoms with van der Waals surface area (Å²) in [5.41, 5.74) is -1.58. The van der Waals surface area contributed by atoms with Crippen LogP contribution < -0.4 is 5.32 Å². The summed E-state index contributed by atoms with van der Waals surface area (Å²) in [5, 5.41) is 2.77. The van der Waals surface area contributed by atoms with Crippen LogP contribution in [-0.4, -0.2) is 31.8 Å². The first kappa shape index (κ1) is 20.9. The van der Waals surface area contributed by atoms with Crippen molar-refractivity contribution in [2.24, 2.45) is 0 Å². The first-order valence-corrected chi connectivity index (χ1v) is 9.50. The number of aromatic nitrogens is 1. The molecule has 0 unspecified atom stereocenters. The molecule has 0 fully saturated rings. The SMILES string of the molecule is CN(C)S(=O)(=O)c1ccc2c(Nc3ccc(F)c(F)c3)cc(C(F)(F)F)nc2c1. The van der Waals surface area contributed by atoms with Crippen molar-refractivity contribution in [3.8, 4) is 0 Å². The summed E-state index contributed by atoms with van der Waals surface area (Å²) in [6.07, 6.45) is -4.81. The Bertz CT molecular complexity index is 1190. The van der Waals surface area contributed by atoms with E-state index in [1.165, 1.54) is 26.2 Å². The van der Waals surface area contributed by atoms with E-state index in [1.54, 1.807) is 0 Å². The average molecular weight is 431 g/mol. The van der Waals surface area contributed by atoms with Gasteiger partial charge in [-0.25, -0.2) is 26.5 Å². The van der Waals surface area contributed by atoms with Gasteiger partial charge in [0.15, 0.2) is 11.6 Å². The van der Waals surface area contributed by atoms with E-state index in [0.717, 1.165) is 28.6 Å². The molecule has 0 saturated carbocycles. The highest BCUT2D eigenvalue weighted by Gasteiger charge is 2.33. The Kier molecular flexibility index (Phi) is 5.22. The van der Waals surface area contributed by atoms with Crippen molar-refractivity contribution < 1.29 is 30.4 Å². The quantitative estimate of drug-likeness (QED) is 0.617. The van der Waals surface area contributed by atoms with Crippen molar-refractivity contribution in [3.05, 3.63) is 59.8 Å². The van der Waals surface area contributed by atoms with Gasteiger partial charge in [0.2, 0.25) is 10.0 Å². The summed E-state index contributed by atoms with van der Waals surface area (Å²) in [4.78, 5) is 3.30. The fourth-order valence-corrected chi connectivity index (χ4v) is 3.48. The molecule has 11 heteroatoms. The number of anilines is 2. The number of benzene rings is 2. The van der Waals surface area contributed by atoms with Gasteiger partial charge < -0.3 is 5.32 Å². The molecule has 1 N–H and O–H groups in total. The number of rotatable bonds is 4. The molecule has 3 aromatic rings. The van der Waals surface area contributed by atoms with Gasteiger partial charge in [-0.05, 0) is 36.4 Å². The van der Waals surface area contributed by atoms with Gasteiger partial charge >= 0.3 is 6.18 Å². The Balaban J connectivity index is 2.21. The largest absolute Gasteiger partial charge is 0.433 e. The van der Waals surface area contributed by atoms with E-state index in [9.17, 15) is 30.4 Å². The molecule has 0 bridgehead atoms. The Morgan fingerprint density at radius 2 is 1.66 bits per heavy atom. The number of nitrogens with one attached hydrogen (secondary N) is 1. The fourth-order valence-electron chi connectivity index (χ4n) is 2.56. The number of hydrogen-bond donors (Lipinski definition) is 1. The third-order valence-electron chi connectivity index (χ3n) is 4.05. The molecule has 154 valence electrons. The Labute approximate surface area is 162 Å². The number of halogens is 5. The van der Waals surface area contributed by atoms with Crippen LogP contribution in [0.1, 0.15) is 5.69 Å². The minimum Gasteiger partial charge on any atom is -0.355 e. The van der Waals surface area contributed by atoms with Crippen LogP contribution in [-0.2, 0) is 16.2 Å². The number of alkyl halides is 3. The van der Waals surface area contributed by atoms with E-state index in [2.05, 4.69) is 10.3 Å². The summed E-state index contributed by atoms with van der Waals surface area (Å²) in [5.74, 6) is -2.28. The molecule has 5 nitrogen and oxygen atoms in total. The lowest BCUT2D eigenvalue weighted by molar-refractivity contribution is -0.140. The molecule has 0 amide bonds. The smallest absolute Gasteiger partial charge is 0.355 e. The van der Waals surface area contributed by atoms with Gasteiger partial charge in [0, 0.05) is 31.2 Å². The summed E-state index contributed by atoms with van der Waals surface area (Å²) < 4.78 is 91.9. The molecular formula is C18H14F5N3O2S. The molecule has 0 saturated heterocycles. The standard InChI is InChI=1S/C18H14F5N3O2S/c1-26(2)29(27,28)11-4-5-12-15(8-11)25-17(18(21,22)23)9-16(12)24-10-3-6-13(19)14(20)7-10/h3-9H,1-2H3,(H,24,25). The van der Waals surface area contributed by atoms with Crippen molar-refractivity contribution in [2.75, 3.05) is 19.4 Å². The Morgan fingerprint density at radius 3 is 2.24 bits per heavy atom. The maximum Gasteiger partial charge on any atom is 0.433 e. The molecule has 2 aromatic carbocycles. The van der Waals surface area contributed by atoms with Crippen molar-refractivity contribution in [1.82, 2.24) is 9.29 Å². The maximum absolute atomic E-state index is 13.4. The van der Waals surface area contributed by atoms with E-state index < -0.39 is 33.5 Å². The zero-order chi connectivity index (χ0) is 21.6. The van der Waals surface area contributed by atoms with Crippen LogP contribution in [0.3, 0.4) is 0 Å². The van der Waals surface area contributed by atoms with E-state index in [0.29, 0.717) is 6.07 Å². The predicted octanol–water partition coefficient (Wildman–Crippen LogP) is 4.53. The highest BCUT2D eigenvalue weighted by molar-refractivity contribution is 7.89. The van der Waals surface area contributed by atoms with Gasteiger partial charge in [0.1, 0.15) is 5.69 Å². The van der Waals surface area contributed by atoms with Crippen molar-refractivity contribution >= 4 is 32.3 Å². The van der Waals surface area contributed by atoms with E-state index in [4.69, 9.17) is 0 Å². The van der Waals surface area contributed by atoms with E-state index >= 15 is 0 Å². The van der Waals surface area contributed by atoms with Crippen LogP contribution in [0.5, 0.6) is 0 Å². The minimum absolute atomic E-state index is 0.00881. The molecular weight excluding hydrogens is 417 g/mol. The lowest BCUT2D eigenvalue weighted by atomic mass is 10.1. The van der Waals surface area contributed by atoms with Crippen molar-refractivity contribution in [3.63, 3.8) is 0 Å². The van der Waals surface area contributed by atoms with Crippen LogP contribution in [0.4, 0.5) is 33.3 Å². The molecule has 0 aliphatic rings. The third-order valence-corrected chi connectivity index (χ3v) is 5.86. The zero-order valence-electron chi connectivity index (χ0n) is 15.1. The van der Waals surface area contributed by atoms with Gasteiger partial charge in [0.25, 0.3) is 0 Å². The number of nitrogens with zero attached hydrogens (tertiary/aromatic N) is 2.